The molecule has 25 heavy (non-hydrogen) atoms. The van der Waals surface area contributed by atoms with Gasteiger partial charge in [-0.15, -0.1) is 0 Å². The first-order valence-corrected chi connectivity index (χ1v) is 8.50. The minimum absolute atomic E-state index is 0.152. The first-order valence-electron chi connectivity index (χ1n) is 8.50. The molecule has 0 bridgehead atoms. The standard InChI is InChI=1S/C18H24N4O3/c1-24-15-5-2-6-16(10-15)25-9-7-19-17-11-18(21-13-20-17)22-8-3-4-14(22)12-23/h2,5-6,10-11,13-14,23H,3-4,7-9,12H2,1H3,(H,19,20,21). The Morgan fingerprint density at radius 3 is 3.00 bits per heavy atom. The van der Waals surface area contributed by atoms with Gasteiger partial charge in [0.1, 0.15) is 36.1 Å². The van der Waals surface area contributed by atoms with E-state index in [9.17, 15) is 5.11 Å². The van der Waals surface area contributed by atoms with Gasteiger partial charge in [0.15, 0.2) is 0 Å². The second kappa shape index (κ2) is 8.53. The lowest BCUT2D eigenvalue weighted by Gasteiger charge is -2.24. The Morgan fingerprint density at radius 1 is 1.28 bits per heavy atom. The predicted octanol–water partition coefficient (Wildman–Crippen LogP) is 1.94. The Labute approximate surface area is 147 Å². The summed E-state index contributed by atoms with van der Waals surface area (Å²) in [6.45, 7) is 2.20. The molecule has 1 aromatic heterocycles. The average molecular weight is 344 g/mol. The number of benzene rings is 1. The van der Waals surface area contributed by atoms with Crippen LogP contribution < -0.4 is 19.7 Å². The van der Waals surface area contributed by atoms with E-state index in [4.69, 9.17) is 9.47 Å². The van der Waals surface area contributed by atoms with E-state index in [0.29, 0.717) is 13.2 Å². The van der Waals surface area contributed by atoms with Crippen molar-refractivity contribution < 1.29 is 14.6 Å². The summed E-state index contributed by atoms with van der Waals surface area (Å²) in [5.41, 5.74) is 0. The molecule has 3 rings (SSSR count). The van der Waals surface area contributed by atoms with E-state index in [1.807, 2.05) is 30.3 Å². The fourth-order valence-corrected chi connectivity index (χ4v) is 2.97. The minimum atomic E-state index is 0.152. The number of aliphatic hydroxyl groups excluding tert-OH is 1. The number of nitrogens with zero attached hydrogens (tertiary/aromatic N) is 3. The van der Waals surface area contributed by atoms with Gasteiger partial charge in [0.05, 0.1) is 26.3 Å². The second-order valence-corrected chi connectivity index (χ2v) is 5.89. The number of nitrogens with one attached hydrogen (secondary N) is 1. The van der Waals surface area contributed by atoms with Crippen molar-refractivity contribution in [1.82, 2.24) is 9.97 Å². The van der Waals surface area contributed by atoms with Crippen LogP contribution in [0.3, 0.4) is 0 Å². The maximum absolute atomic E-state index is 9.46. The van der Waals surface area contributed by atoms with Gasteiger partial charge in [-0.2, -0.15) is 0 Å². The Hall–Kier alpha value is -2.54. The number of anilines is 2. The van der Waals surface area contributed by atoms with Crippen molar-refractivity contribution >= 4 is 11.6 Å². The van der Waals surface area contributed by atoms with Crippen LogP contribution in [0.15, 0.2) is 36.7 Å². The second-order valence-electron chi connectivity index (χ2n) is 5.89. The monoisotopic (exact) mass is 344 g/mol. The van der Waals surface area contributed by atoms with Crippen LogP contribution in [0.4, 0.5) is 11.6 Å². The summed E-state index contributed by atoms with van der Waals surface area (Å²) >= 11 is 0. The van der Waals surface area contributed by atoms with Crippen molar-refractivity contribution in [2.45, 2.75) is 18.9 Å². The molecule has 1 unspecified atom stereocenters. The van der Waals surface area contributed by atoms with Crippen LogP contribution >= 0.6 is 0 Å². The van der Waals surface area contributed by atoms with E-state index in [0.717, 1.165) is 42.5 Å². The van der Waals surface area contributed by atoms with E-state index in [2.05, 4.69) is 20.2 Å². The van der Waals surface area contributed by atoms with Crippen LogP contribution in [0.2, 0.25) is 0 Å². The summed E-state index contributed by atoms with van der Waals surface area (Å²) in [6.07, 6.45) is 3.62. The predicted molar refractivity (Wildman–Crippen MR) is 96.5 cm³/mol. The molecule has 0 radical (unpaired) electrons. The van der Waals surface area contributed by atoms with Gasteiger partial charge in [-0.3, -0.25) is 0 Å². The molecule has 0 aliphatic carbocycles. The summed E-state index contributed by atoms with van der Waals surface area (Å²) in [4.78, 5) is 10.7. The maximum Gasteiger partial charge on any atom is 0.134 e. The van der Waals surface area contributed by atoms with Crippen molar-refractivity contribution in [3.05, 3.63) is 36.7 Å². The number of aromatic nitrogens is 2. The van der Waals surface area contributed by atoms with Crippen LogP contribution in [-0.4, -0.2) is 54.5 Å². The van der Waals surface area contributed by atoms with Gasteiger partial charge in [0.25, 0.3) is 0 Å². The summed E-state index contributed by atoms with van der Waals surface area (Å²) < 4.78 is 10.9. The normalized spacial score (nSPS) is 16.7. The largest absolute Gasteiger partial charge is 0.497 e. The molecular weight excluding hydrogens is 320 g/mol. The molecule has 7 nitrogen and oxygen atoms in total. The number of aliphatic hydroxyl groups is 1. The zero-order valence-electron chi connectivity index (χ0n) is 14.4. The SMILES string of the molecule is COc1cccc(OCCNc2cc(N3CCCC3CO)ncn2)c1. The third-order valence-electron chi connectivity index (χ3n) is 4.25. The first-order chi connectivity index (χ1) is 12.3. The zero-order valence-corrected chi connectivity index (χ0v) is 14.4. The van der Waals surface area contributed by atoms with Crippen molar-refractivity contribution in [3.8, 4) is 11.5 Å². The molecule has 1 saturated heterocycles. The van der Waals surface area contributed by atoms with E-state index < -0.39 is 0 Å². The third kappa shape index (κ3) is 4.51. The Bertz CT molecular complexity index is 683. The highest BCUT2D eigenvalue weighted by molar-refractivity contribution is 5.49. The van der Waals surface area contributed by atoms with Gasteiger partial charge < -0.3 is 24.8 Å². The topological polar surface area (TPSA) is 79.7 Å². The fraction of sp³-hybridized carbons (Fsp3) is 0.444. The average Bonchev–Trinajstić information content (AvgIpc) is 3.14. The quantitative estimate of drug-likeness (QED) is 0.708. The smallest absolute Gasteiger partial charge is 0.134 e. The number of methoxy groups -OCH3 is 1. The molecule has 0 saturated carbocycles. The van der Waals surface area contributed by atoms with Crippen LogP contribution in [0.25, 0.3) is 0 Å². The van der Waals surface area contributed by atoms with Crippen LogP contribution in [0, 0.1) is 0 Å². The third-order valence-corrected chi connectivity index (χ3v) is 4.25. The molecule has 1 atom stereocenters. The molecule has 2 aromatic rings. The fourth-order valence-electron chi connectivity index (χ4n) is 2.97. The van der Waals surface area contributed by atoms with Crippen molar-refractivity contribution in [2.24, 2.45) is 0 Å². The molecule has 0 amide bonds. The number of rotatable bonds is 8. The van der Waals surface area contributed by atoms with Gasteiger partial charge in [-0.1, -0.05) is 6.07 Å². The summed E-state index contributed by atoms with van der Waals surface area (Å²) in [5.74, 6) is 3.15. The lowest BCUT2D eigenvalue weighted by atomic mass is 10.2. The molecular formula is C18H24N4O3. The Kier molecular flexibility index (Phi) is 5.90. The number of hydrogen-bond donors (Lipinski definition) is 2. The summed E-state index contributed by atoms with van der Waals surface area (Å²) in [5, 5.41) is 12.7. The molecule has 2 N–H and O–H groups in total. The zero-order chi connectivity index (χ0) is 17.5. The number of hydrogen-bond acceptors (Lipinski definition) is 7. The summed E-state index contributed by atoms with van der Waals surface area (Å²) in [6, 6.07) is 9.59. The van der Waals surface area contributed by atoms with E-state index in [1.165, 1.54) is 0 Å². The minimum Gasteiger partial charge on any atom is -0.497 e. The highest BCUT2D eigenvalue weighted by atomic mass is 16.5. The van der Waals surface area contributed by atoms with Crippen molar-refractivity contribution in [2.75, 3.05) is 43.6 Å². The van der Waals surface area contributed by atoms with Crippen LogP contribution in [0.5, 0.6) is 11.5 Å². The highest BCUT2D eigenvalue weighted by Crippen LogP contribution is 2.24. The van der Waals surface area contributed by atoms with Gasteiger partial charge in [0.2, 0.25) is 0 Å². The molecule has 1 aliphatic rings. The van der Waals surface area contributed by atoms with Gasteiger partial charge in [-0.05, 0) is 25.0 Å². The number of ether oxygens (including phenoxy) is 2. The summed E-state index contributed by atoms with van der Waals surface area (Å²) in [7, 11) is 1.63. The van der Waals surface area contributed by atoms with Crippen molar-refractivity contribution in [3.63, 3.8) is 0 Å². The molecule has 0 spiro atoms. The highest BCUT2D eigenvalue weighted by Gasteiger charge is 2.25. The Balaban J connectivity index is 1.51. The van der Waals surface area contributed by atoms with Crippen LogP contribution in [0.1, 0.15) is 12.8 Å². The lowest BCUT2D eigenvalue weighted by molar-refractivity contribution is 0.266. The molecule has 1 aliphatic heterocycles. The molecule has 1 fully saturated rings. The maximum atomic E-state index is 9.46. The molecule has 134 valence electrons. The lowest BCUT2D eigenvalue weighted by Crippen LogP contribution is -2.32. The molecule has 2 heterocycles. The first kappa shape index (κ1) is 17.3. The molecule has 7 heteroatoms. The van der Waals surface area contributed by atoms with E-state index in [1.54, 1.807) is 13.4 Å². The molecule has 1 aromatic carbocycles. The van der Waals surface area contributed by atoms with Crippen molar-refractivity contribution in [1.29, 1.82) is 0 Å². The van der Waals surface area contributed by atoms with Gasteiger partial charge >= 0.3 is 0 Å². The van der Waals surface area contributed by atoms with Crippen LogP contribution in [-0.2, 0) is 0 Å². The van der Waals surface area contributed by atoms with E-state index in [-0.39, 0.29) is 12.6 Å². The van der Waals surface area contributed by atoms with Gasteiger partial charge in [0, 0.05) is 18.7 Å². The Morgan fingerprint density at radius 2 is 2.16 bits per heavy atom. The van der Waals surface area contributed by atoms with E-state index >= 15 is 0 Å². The van der Waals surface area contributed by atoms with Gasteiger partial charge in [-0.25, -0.2) is 9.97 Å².